The van der Waals surface area contributed by atoms with Crippen LogP contribution < -0.4 is 5.32 Å². The first-order chi connectivity index (χ1) is 10.1. The fourth-order valence-corrected chi connectivity index (χ4v) is 2.50. The van der Waals surface area contributed by atoms with Crippen LogP contribution in [0.3, 0.4) is 0 Å². The number of halogens is 1. The molecule has 1 amide bonds. The summed E-state index contributed by atoms with van der Waals surface area (Å²) < 4.78 is 0.860. The van der Waals surface area contributed by atoms with E-state index in [9.17, 15) is 15.0 Å². The minimum atomic E-state index is -0.392. The van der Waals surface area contributed by atoms with Crippen LogP contribution in [0.4, 0.5) is 0 Å². The lowest BCUT2D eigenvalue weighted by Crippen LogP contribution is -2.39. The molecule has 0 aliphatic carbocycles. The lowest BCUT2D eigenvalue weighted by atomic mass is 10.1. The van der Waals surface area contributed by atoms with Gasteiger partial charge in [0.15, 0.2) is 0 Å². The van der Waals surface area contributed by atoms with E-state index in [1.165, 1.54) is 6.07 Å². The van der Waals surface area contributed by atoms with Gasteiger partial charge in [-0.05, 0) is 52.8 Å². The molecule has 0 saturated heterocycles. The van der Waals surface area contributed by atoms with Crippen LogP contribution in [0, 0.1) is 3.57 Å². The molecule has 0 heterocycles. The van der Waals surface area contributed by atoms with Gasteiger partial charge in [-0.25, -0.2) is 0 Å². The van der Waals surface area contributed by atoms with Crippen LogP contribution >= 0.6 is 22.6 Å². The molecule has 0 aliphatic heterocycles. The molecule has 0 fully saturated rings. The summed E-state index contributed by atoms with van der Waals surface area (Å²) >= 11 is 2.08. The summed E-state index contributed by atoms with van der Waals surface area (Å²) in [6.45, 7) is -0.161. The number of amides is 1. The predicted octanol–water partition coefficient (Wildman–Crippen LogP) is 2.33. The van der Waals surface area contributed by atoms with Gasteiger partial charge >= 0.3 is 0 Å². The van der Waals surface area contributed by atoms with Crippen molar-refractivity contribution in [2.75, 3.05) is 6.61 Å². The quantitative estimate of drug-likeness (QED) is 0.679. The van der Waals surface area contributed by atoms with Crippen molar-refractivity contribution < 1.29 is 15.0 Å². The largest absolute Gasteiger partial charge is 0.507 e. The molecule has 2 rings (SSSR count). The summed E-state index contributed by atoms with van der Waals surface area (Å²) in [6.07, 6.45) is 0.535. The van der Waals surface area contributed by atoms with Crippen LogP contribution in [-0.2, 0) is 6.42 Å². The monoisotopic (exact) mass is 397 g/mol. The molecule has 3 N–H and O–H groups in total. The molecule has 2 aromatic rings. The number of hydrogen-bond donors (Lipinski definition) is 3. The first-order valence-electron chi connectivity index (χ1n) is 6.54. The maximum Gasteiger partial charge on any atom is 0.255 e. The standard InChI is InChI=1S/C16H16INO3/c17-12-6-7-15(20)14(9-12)16(21)18-13(10-19)8-11-4-2-1-3-5-11/h1-7,9,13,19-20H,8,10H2,(H,18,21)/t13-/m0/s1. The van der Waals surface area contributed by atoms with Crippen LogP contribution in [0.5, 0.6) is 5.75 Å². The normalized spacial score (nSPS) is 11.9. The van der Waals surface area contributed by atoms with Gasteiger partial charge in [0.25, 0.3) is 5.91 Å². The Labute approximate surface area is 137 Å². The van der Waals surface area contributed by atoms with E-state index in [1.54, 1.807) is 12.1 Å². The number of rotatable bonds is 5. The summed E-state index contributed by atoms with van der Waals surface area (Å²) in [7, 11) is 0. The molecular formula is C16H16INO3. The maximum absolute atomic E-state index is 12.2. The molecule has 110 valence electrons. The first kappa shape index (κ1) is 15.8. The smallest absolute Gasteiger partial charge is 0.255 e. The van der Waals surface area contributed by atoms with Crippen LogP contribution in [0.2, 0.25) is 0 Å². The fourth-order valence-electron chi connectivity index (χ4n) is 2.01. The van der Waals surface area contributed by atoms with Gasteiger partial charge in [0.05, 0.1) is 18.2 Å². The second-order valence-electron chi connectivity index (χ2n) is 4.70. The van der Waals surface area contributed by atoms with Gasteiger partial charge < -0.3 is 15.5 Å². The van der Waals surface area contributed by atoms with E-state index in [2.05, 4.69) is 27.9 Å². The molecule has 21 heavy (non-hydrogen) atoms. The second kappa shape index (κ2) is 7.42. The Bertz CT molecular complexity index is 616. The fraction of sp³-hybridized carbons (Fsp3) is 0.188. The molecule has 5 heteroatoms. The van der Waals surface area contributed by atoms with Gasteiger partial charge in [0.1, 0.15) is 5.75 Å². The molecule has 0 bridgehead atoms. The van der Waals surface area contributed by atoms with Crippen molar-refractivity contribution in [1.29, 1.82) is 0 Å². The highest BCUT2D eigenvalue weighted by Gasteiger charge is 2.16. The number of aromatic hydroxyl groups is 1. The van der Waals surface area contributed by atoms with Crippen molar-refractivity contribution in [2.45, 2.75) is 12.5 Å². The van der Waals surface area contributed by atoms with E-state index in [0.29, 0.717) is 6.42 Å². The summed E-state index contributed by atoms with van der Waals surface area (Å²) in [4.78, 5) is 12.2. The third kappa shape index (κ3) is 4.44. The van der Waals surface area contributed by atoms with Crippen LogP contribution in [0.1, 0.15) is 15.9 Å². The number of aliphatic hydroxyl groups is 1. The minimum absolute atomic E-state index is 0.0654. The van der Waals surface area contributed by atoms with Crippen molar-refractivity contribution in [2.24, 2.45) is 0 Å². The van der Waals surface area contributed by atoms with Crippen molar-refractivity contribution in [1.82, 2.24) is 5.32 Å². The lowest BCUT2D eigenvalue weighted by Gasteiger charge is -2.17. The molecule has 2 aromatic carbocycles. The predicted molar refractivity (Wildman–Crippen MR) is 89.3 cm³/mol. The van der Waals surface area contributed by atoms with Crippen LogP contribution in [-0.4, -0.2) is 28.8 Å². The summed E-state index contributed by atoms with van der Waals surface area (Å²) in [5.74, 6) is -0.453. The molecule has 0 unspecified atom stereocenters. The molecule has 0 aliphatic rings. The Morgan fingerprint density at radius 3 is 2.57 bits per heavy atom. The van der Waals surface area contributed by atoms with E-state index < -0.39 is 6.04 Å². The lowest BCUT2D eigenvalue weighted by molar-refractivity contribution is 0.0913. The number of phenolic OH excluding ortho intramolecular Hbond substituents is 1. The highest BCUT2D eigenvalue weighted by atomic mass is 127. The van der Waals surface area contributed by atoms with Gasteiger partial charge in [-0.15, -0.1) is 0 Å². The zero-order valence-corrected chi connectivity index (χ0v) is 13.4. The van der Waals surface area contributed by atoms with E-state index in [-0.39, 0.29) is 23.8 Å². The SMILES string of the molecule is O=C(N[C@H](CO)Cc1ccccc1)c1cc(I)ccc1O. The van der Waals surface area contributed by atoms with Gasteiger partial charge in [-0.2, -0.15) is 0 Å². The average Bonchev–Trinajstić information content (AvgIpc) is 2.50. The van der Waals surface area contributed by atoms with Crippen molar-refractivity contribution >= 4 is 28.5 Å². The highest BCUT2D eigenvalue weighted by Crippen LogP contribution is 2.19. The van der Waals surface area contributed by atoms with E-state index in [0.717, 1.165) is 9.13 Å². The molecule has 0 saturated carbocycles. The molecule has 4 nitrogen and oxygen atoms in total. The highest BCUT2D eigenvalue weighted by molar-refractivity contribution is 14.1. The van der Waals surface area contributed by atoms with Crippen molar-refractivity contribution in [3.05, 3.63) is 63.2 Å². The summed E-state index contributed by atoms with van der Waals surface area (Å²) in [5.41, 5.74) is 1.25. The van der Waals surface area contributed by atoms with Crippen LogP contribution in [0.25, 0.3) is 0 Å². The molecule has 0 spiro atoms. The molecule has 1 atom stereocenters. The Morgan fingerprint density at radius 2 is 1.90 bits per heavy atom. The Balaban J connectivity index is 2.07. The van der Waals surface area contributed by atoms with E-state index in [4.69, 9.17) is 0 Å². The maximum atomic E-state index is 12.2. The zero-order valence-electron chi connectivity index (χ0n) is 11.3. The Kier molecular flexibility index (Phi) is 5.58. The number of carbonyl (C=O) groups is 1. The number of aliphatic hydroxyl groups excluding tert-OH is 1. The van der Waals surface area contributed by atoms with Gasteiger partial charge in [-0.3, -0.25) is 4.79 Å². The van der Waals surface area contributed by atoms with Crippen LogP contribution in [0.15, 0.2) is 48.5 Å². The third-order valence-electron chi connectivity index (χ3n) is 3.08. The van der Waals surface area contributed by atoms with Gasteiger partial charge in [0, 0.05) is 3.57 Å². The number of nitrogens with one attached hydrogen (secondary N) is 1. The zero-order chi connectivity index (χ0) is 15.2. The van der Waals surface area contributed by atoms with Gasteiger partial charge in [0.2, 0.25) is 0 Å². The topological polar surface area (TPSA) is 69.6 Å². The number of carbonyl (C=O) groups excluding carboxylic acids is 1. The van der Waals surface area contributed by atoms with E-state index in [1.807, 2.05) is 30.3 Å². The first-order valence-corrected chi connectivity index (χ1v) is 7.62. The summed E-state index contributed by atoms with van der Waals surface area (Å²) in [5, 5.41) is 21.9. The molecule has 0 radical (unpaired) electrons. The number of hydrogen-bond acceptors (Lipinski definition) is 3. The Hall–Kier alpha value is -1.60. The number of phenols is 1. The molecular weight excluding hydrogens is 381 g/mol. The third-order valence-corrected chi connectivity index (χ3v) is 3.75. The number of benzene rings is 2. The molecule has 0 aromatic heterocycles. The average molecular weight is 397 g/mol. The minimum Gasteiger partial charge on any atom is -0.507 e. The van der Waals surface area contributed by atoms with Crippen molar-refractivity contribution in [3.8, 4) is 5.75 Å². The summed E-state index contributed by atoms with van der Waals surface area (Å²) in [6, 6.07) is 14.1. The van der Waals surface area contributed by atoms with E-state index >= 15 is 0 Å². The second-order valence-corrected chi connectivity index (χ2v) is 5.95. The van der Waals surface area contributed by atoms with Crippen molar-refractivity contribution in [3.63, 3.8) is 0 Å². The Morgan fingerprint density at radius 1 is 1.19 bits per heavy atom. The van der Waals surface area contributed by atoms with Gasteiger partial charge in [-0.1, -0.05) is 30.3 Å².